The normalized spacial score (nSPS) is 16.2. The number of ether oxygens (including phenoxy) is 3. The predicted octanol–water partition coefficient (Wildman–Crippen LogP) is 7.20. The van der Waals surface area contributed by atoms with Crippen molar-refractivity contribution >= 4 is 12.2 Å². The summed E-state index contributed by atoms with van der Waals surface area (Å²) < 4.78 is 15.8. The number of likely N-dealkylation sites (N-methyl/N-ethyl adjacent to an activating group) is 1. The lowest BCUT2D eigenvalue weighted by molar-refractivity contribution is -0.00466. The SMILES string of the molecule is CCCCCCCCCCCCCCCCCCNC(=O)OCC(COC(=O)NCC1CCCN1CC)OC. The lowest BCUT2D eigenvalue weighted by atomic mass is 10.0. The molecular formula is C31H61N3O5. The van der Waals surface area contributed by atoms with Crippen LogP contribution in [0.2, 0.25) is 0 Å². The Kier molecular flexibility index (Phi) is 23.1. The Hall–Kier alpha value is -1.54. The van der Waals surface area contributed by atoms with Crippen molar-refractivity contribution in [1.29, 1.82) is 0 Å². The maximum Gasteiger partial charge on any atom is 0.407 e. The van der Waals surface area contributed by atoms with Gasteiger partial charge in [-0.25, -0.2) is 9.59 Å². The quantitative estimate of drug-likeness (QED) is 0.116. The molecule has 1 fully saturated rings. The van der Waals surface area contributed by atoms with Gasteiger partial charge in [0.05, 0.1) is 0 Å². The molecule has 1 aliphatic rings. The molecule has 2 atom stereocenters. The van der Waals surface area contributed by atoms with Crippen molar-refractivity contribution in [3.63, 3.8) is 0 Å². The summed E-state index contributed by atoms with van der Waals surface area (Å²) in [5, 5.41) is 5.63. The van der Waals surface area contributed by atoms with Crippen molar-refractivity contribution < 1.29 is 23.8 Å². The van der Waals surface area contributed by atoms with Crippen molar-refractivity contribution in [2.24, 2.45) is 0 Å². The van der Waals surface area contributed by atoms with Crippen molar-refractivity contribution in [3.05, 3.63) is 0 Å². The molecule has 0 bridgehead atoms. The molecule has 1 saturated heterocycles. The van der Waals surface area contributed by atoms with E-state index in [1.165, 1.54) is 103 Å². The molecule has 1 rings (SSSR count). The Labute approximate surface area is 239 Å². The minimum atomic E-state index is -0.490. The van der Waals surface area contributed by atoms with Gasteiger partial charge in [0.1, 0.15) is 19.3 Å². The molecule has 1 heterocycles. The first-order chi connectivity index (χ1) is 19.1. The Balaban J connectivity index is 1.88. The van der Waals surface area contributed by atoms with Crippen LogP contribution in [0.25, 0.3) is 0 Å². The van der Waals surface area contributed by atoms with E-state index in [0.29, 0.717) is 19.1 Å². The summed E-state index contributed by atoms with van der Waals surface area (Å²) in [5.41, 5.74) is 0. The summed E-state index contributed by atoms with van der Waals surface area (Å²) in [4.78, 5) is 26.3. The number of carbonyl (C=O) groups is 2. The molecule has 1 aliphatic heterocycles. The van der Waals surface area contributed by atoms with Gasteiger partial charge in [0.15, 0.2) is 0 Å². The maximum absolute atomic E-state index is 12.0. The van der Waals surface area contributed by atoms with Crippen molar-refractivity contribution in [3.8, 4) is 0 Å². The first-order valence-corrected chi connectivity index (χ1v) is 16.2. The average Bonchev–Trinajstić information content (AvgIpc) is 3.41. The van der Waals surface area contributed by atoms with Gasteiger partial charge in [-0.15, -0.1) is 0 Å². The van der Waals surface area contributed by atoms with Crippen molar-refractivity contribution in [2.75, 3.05) is 46.5 Å². The molecule has 2 N–H and O–H groups in total. The predicted molar refractivity (Wildman–Crippen MR) is 159 cm³/mol. The van der Waals surface area contributed by atoms with Crippen LogP contribution in [-0.4, -0.2) is 75.7 Å². The summed E-state index contributed by atoms with van der Waals surface area (Å²) in [6.45, 7) is 7.77. The molecule has 230 valence electrons. The number of nitrogens with one attached hydrogen (secondary N) is 2. The number of amides is 2. The third-order valence-corrected chi connectivity index (χ3v) is 7.82. The van der Waals surface area contributed by atoms with Crippen molar-refractivity contribution in [1.82, 2.24) is 15.5 Å². The van der Waals surface area contributed by atoms with Gasteiger partial charge in [-0.1, -0.05) is 110 Å². The van der Waals surface area contributed by atoms with E-state index in [1.54, 1.807) is 0 Å². The van der Waals surface area contributed by atoms with E-state index in [0.717, 1.165) is 32.4 Å². The van der Waals surface area contributed by atoms with Gasteiger partial charge in [0.25, 0.3) is 0 Å². The smallest absolute Gasteiger partial charge is 0.407 e. The molecule has 2 unspecified atom stereocenters. The lowest BCUT2D eigenvalue weighted by Gasteiger charge is -2.23. The van der Waals surface area contributed by atoms with Crippen LogP contribution in [-0.2, 0) is 14.2 Å². The largest absolute Gasteiger partial charge is 0.447 e. The van der Waals surface area contributed by atoms with E-state index < -0.39 is 18.3 Å². The van der Waals surface area contributed by atoms with Gasteiger partial charge in [-0.05, 0) is 32.4 Å². The van der Waals surface area contributed by atoms with Crippen LogP contribution in [0.4, 0.5) is 9.59 Å². The fourth-order valence-corrected chi connectivity index (χ4v) is 5.23. The zero-order valence-electron chi connectivity index (χ0n) is 25.6. The molecule has 0 aromatic carbocycles. The van der Waals surface area contributed by atoms with Crippen molar-refractivity contribution in [2.45, 2.75) is 142 Å². The Morgan fingerprint density at radius 2 is 1.23 bits per heavy atom. The molecular weight excluding hydrogens is 494 g/mol. The third kappa shape index (κ3) is 20.1. The van der Waals surface area contributed by atoms with Gasteiger partial charge in [-0.3, -0.25) is 4.90 Å². The summed E-state index contributed by atoms with van der Waals surface area (Å²) in [7, 11) is 1.52. The molecule has 0 aliphatic carbocycles. The second-order valence-electron chi connectivity index (χ2n) is 11.1. The van der Waals surface area contributed by atoms with E-state index in [4.69, 9.17) is 14.2 Å². The topological polar surface area (TPSA) is 89.1 Å². The number of likely N-dealkylation sites (tertiary alicyclic amines) is 1. The summed E-state index contributed by atoms with van der Waals surface area (Å²) in [6.07, 6.45) is 22.1. The number of unbranched alkanes of at least 4 members (excludes halogenated alkanes) is 15. The van der Waals surface area contributed by atoms with Crippen LogP contribution in [0.3, 0.4) is 0 Å². The van der Waals surface area contributed by atoms with Crippen LogP contribution < -0.4 is 10.6 Å². The summed E-state index contributed by atoms with van der Waals surface area (Å²) >= 11 is 0. The molecule has 8 heteroatoms. The summed E-state index contributed by atoms with van der Waals surface area (Å²) in [6, 6.07) is 0.377. The Bertz CT molecular complexity index is 593. The first kappa shape index (κ1) is 35.5. The number of rotatable bonds is 25. The second kappa shape index (κ2) is 25.4. The number of hydrogen-bond donors (Lipinski definition) is 2. The van der Waals surface area contributed by atoms with Crippen LogP contribution >= 0.6 is 0 Å². The molecule has 0 aromatic rings. The van der Waals surface area contributed by atoms with Gasteiger partial charge in [0.2, 0.25) is 0 Å². The highest BCUT2D eigenvalue weighted by Crippen LogP contribution is 2.16. The first-order valence-electron chi connectivity index (χ1n) is 16.2. The van der Waals surface area contributed by atoms with Crippen LogP contribution in [0.5, 0.6) is 0 Å². The highest BCUT2D eigenvalue weighted by atomic mass is 16.6. The minimum absolute atomic E-state index is 0.0386. The standard InChI is InChI=1S/C31H61N3O5/c1-4-6-7-8-9-10-11-12-13-14-15-16-17-18-19-20-23-32-30(35)38-26-29(37-3)27-39-31(36)33-25-28-22-21-24-34(28)5-2/h28-29H,4-27H2,1-3H3,(H,32,35)(H,33,36). The zero-order valence-corrected chi connectivity index (χ0v) is 25.6. The minimum Gasteiger partial charge on any atom is -0.447 e. The monoisotopic (exact) mass is 555 g/mol. The van der Waals surface area contributed by atoms with E-state index in [2.05, 4.69) is 29.4 Å². The van der Waals surface area contributed by atoms with E-state index >= 15 is 0 Å². The van der Waals surface area contributed by atoms with Gasteiger partial charge in [-0.2, -0.15) is 0 Å². The average molecular weight is 556 g/mol. The maximum atomic E-state index is 12.0. The highest BCUT2D eigenvalue weighted by Gasteiger charge is 2.23. The van der Waals surface area contributed by atoms with Crippen LogP contribution in [0, 0.1) is 0 Å². The number of carbonyl (C=O) groups excluding carboxylic acids is 2. The third-order valence-electron chi connectivity index (χ3n) is 7.82. The fraction of sp³-hybridized carbons (Fsp3) is 0.935. The highest BCUT2D eigenvalue weighted by molar-refractivity contribution is 5.67. The molecule has 2 amide bonds. The van der Waals surface area contributed by atoms with E-state index in [-0.39, 0.29) is 13.2 Å². The summed E-state index contributed by atoms with van der Waals surface area (Å²) in [5.74, 6) is 0. The van der Waals surface area contributed by atoms with Gasteiger partial charge in [0, 0.05) is 26.2 Å². The second-order valence-corrected chi connectivity index (χ2v) is 11.1. The molecule has 0 spiro atoms. The Morgan fingerprint density at radius 3 is 1.72 bits per heavy atom. The zero-order chi connectivity index (χ0) is 28.4. The number of methoxy groups -OCH3 is 1. The molecule has 8 nitrogen and oxygen atoms in total. The Morgan fingerprint density at radius 1 is 0.744 bits per heavy atom. The molecule has 0 aromatic heterocycles. The molecule has 39 heavy (non-hydrogen) atoms. The fourth-order valence-electron chi connectivity index (χ4n) is 5.23. The lowest BCUT2D eigenvalue weighted by Crippen LogP contribution is -2.41. The molecule has 0 saturated carbocycles. The van der Waals surface area contributed by atoms with Crippen LogP contribution in [0.15, 0.2) is 0 Å². The van der Waals surface area contributed by atoms with Gasteiger partial charge < -0.3 is 24.8 Å². The number of nitrogens with zero attached hydrogens (tertiary/aromatic N) is 1. The van der Waals surface area contributed by atoms with Gasteiger partial charge >= 0.3 is 12.2 Å². The van der Waals surface area contributed by atoms with E-state index in [1.807, 2.05) is 0 Å². The van der Waals surface area contributed by atoms with E-state index in [9.17, 15) is 9.59 Å². The van der Waals surface area contributed by atoms with Crippen LogP contribution in [0.1, 0.15) is 129 Å². The number of alkyl carbamates (subject to hydrolysis) is 2. The number of hydrogen-bond acceptors (Lipinski definition) is 6. The molecule has 0 radical (unpaired) electrons.